The molecule has 6 heteroatoms. The third-order valence-corrected chi connectivity index (χ3v) is 5.39. The van der Waals surface area contributed by atoms with Crippen molar-refractivity contribution in [2.75, 3.05) is 12.4 Å². The number of hydrogen-bond donors (Lipinski definition) is 0. The summed E-state index contributed by atoms with van der Waals surface area (Å²) in [7, 11) is -3.28. The summed E-state index contributed by atoms with van der Waals surface area (Å²) in [4.78, 5) is 8.94. The monoisotopic (exact) mass is 294 g/mol. The van der Waals surface area contributed by atoms with Gasteiger partial charge in [-0.05, 0) is 24.8 Å². The van der Waals surface area contributed by atoms with Crippen LogP contribution >= 0.6 is 0 Å². The second kappa shape index (κ2) is 4.63. The summed E-state index contributed by atoms with van der Waals surface area (Å²) in [6, 6.07) is 3.98. The van der Waals surface area contributed by atoms with Gasteiger partial charge < -0.3 is 0 Å². The highest BCUT2D eigenvalue weighted by atomic mass is 32.2. The number of nitrogens with zero attached hydrogens (tertiary/aromatic N) is 2. The molecule has 2 aliphatic heterocycles. The molecular weight excluding hydrogens is 276 g/mol. The average Bonchev–Trinajstić information content (AvgIpc) is 2.64. The number of aliphatic imine (C=N–C) groups is 1. The van der Waals surface area contributed by atoms with Crippen molar-refractivity contribution >= 4 is 21.6 Å². The SMILES string of the molecule is CC1(C)C(CC2CCS(=O)(=O)OC2)=Nc2ncccc21. The van der Waals surface area contributed by atoms with Gasteiger partial charge in [0.2, 0.25) is 0 Å². The van der Waals surface area contributed by atoms with Crippen LogP contribution in [0.25, 0.3) is 0 Å². The Morgan fingerprint density at radius 1 is 1.45 bits per heavy atom. The minimum absolute atomic E-state index is 0.108. The first-order valence-corrected chi connectivity index (χ1v) is 8.37. The van der Waals surface area contributed by atoms with E-state index < -0.39 is 10.1 Å². The molecule has 0 radical (unpaired) electrons. The third-order valence-electron chi connectivity index (χ3n) is 4.16. The molecule has 1 aromatic heterocycles. The van der Waals surface area contributed by atoms with E-state index in [-0.39, 0.29) is 23.7 Å². The van der Waals surface area contributed by atoms with Crippen LogP contribution in [0.2, 0.25) is 0 Å². The maximum atomic E-state index is 11.3. The molecule has 3 heterocycles. The fourth-order valence-electron chi connectivity index (χ4n) is 2.79. The predicted octanol–water partition coefficient (Wildman–Crippen LogP) is 2.20. The van der Waals surface area contributed by atoms with Gasteiger partial charge in [0.1, 0.15) is 0 Å². The molecule has 0 aromatic carbocycles. The number of fused-ring (bicyclic) bond motifs is 1. The molecule has 0 aliphatic carbocycles. The minimum Gasteiger partial charge on any atom is -0.270 e. The van der Waals surface area contributed by atoms with Crippen molar-refractivity contribution in [3.8, 4) is 0 Å². The number of hydrogen-bond acceptors (Lipinski definition) is 5. The molecule has 20 heavy (non-hydrogen) atoms. The van der Waals surface area contributed by atoms with Crippen molar-refractivity contribution in [2.24, 2.45) is 10.9 Å². The summed E-state index contributed by atoms with van der Waals surface area (Å²) in [5, 5.41) is 0. The van der Waals surface area contributed by atoms with Crippen LogP contribution in [0.1, 0.15) is 32.3 Å². The van der Waals surface area contributed by atoms with Gasteiger partial charge in [0.15, 0.2) is 5.82 Å². The zero-order chi connectivity index (χ0) is 14.4. The van der Waals surface area contributed by atoms with E-state index in [9.17, 15) is 8.42 Å². The molecule has 108 valence electrons. The molecule has 0 bridgehead atoms. The van der Waals surface area contributed by atoms with Gasteiger partial charge in [0.05, 0.1) is 12.4 Å². The lowest BCUT2D eigenvalue weighted by molar-refractivity contribution is 0.230. The number of aromatic nitrogens is 1. The first kappa shape index (κ1) is 13.7. The second-order valence-corrected chi connectivity index (χ2v) is 7.72. The molecule has 5 nitrogen and oxygen atoms in total. The van der Waals surface area contributed by atoms with Crippen LogP contribution < -0.4 is 0 Å². The van der Waals surface area contributed by atoms with Gasteiger partial charge in [-0.25, -0.2) is 9.98 Å². The molecular formula is C14H18N2O3S. The summed E-state index contributed by atoms with van der Waals surface area (Å²) < 4.78 is 27.5. The number of rotatable bonds is 2. The largest absolute Gasteiger partial charge is 0.270 e. The second-order valence-electron chi connectivity index (χ2n) is 5.96. The summed E-state index contributed by atoms with van der Waals surface area (Å²) in [6.45, 7) is 4.54. The Labute approximate surface area is 119 Å². The highest BCUT2D eigenvalue weighted by Gasteiger charge is 2.37. The van der Waals surface area contributed by atoms with Gasteiger partial charge in [-0.15, -0.1) is 0 Å². The van der Waals surface area contributed by atoms with Gasteiger partial charge in [-0.3, -0.25) is 4.18 Å². The van der Waals surface area contributed by atoms with Crippen molar-refractivity contribution < 1.29 is 12.6 Å². The standard InChI is InChI=1S/C14H18N2O3S/c1-14(2)11-4-3-6-15-13(11)16-12(14)8-10-5-7-20(17,18)19-9-10/h3-4,6,10H,5,7-9H2,1-2H3. The van der Waals surface area contributed by atoms with Crippen molar-refractivity contribution in [3.05, 3.63) is 23.9 Å². The zero-order valence-electron chi connectivity index (χ0n) is 11.7. The zero-order valence-corrected chi connectivity index (χ0v) is 12.5. The molecule has 0 amide bonds. The first-order valence-electron chi connectivity index (χ1n) is 6.79. The van der Waals surface area contributed by atoms with Crippen molar-refractivity contribution in [1.82, 2.24) is 4.98 Å². The Balaban J connectivity index is 1.77. The van der Waals surface area contributed by atoms with E-state index in [1.807, 2.05) is 6.07 Å². The third kappa shape index (κ3) is 2.38. The average molecular weight is 294 g/mol. The first-order chi connectivity index (χ1) is 9.38. The van der Waals surface area contributed by atoms with Crippen molar-refractivity contribution in [3.63, 3.8) is 0 Å². The van der Waals surface area contributed by atoms with Crippen LogP contribution in [-0.2, 0) is 19.7 Å². The lowest BCUT2D eigenvalue weighted by Gasteiger charge is -2.27. The summed E-state index contributed by atoms with van der Waals surface area (Å²) >= 11 is 0. The Kier molecular flexibility index (Phi) is 3.17. The molecule has 3 rings (SSSR count). The van der Waals surface area contributed by atoms with Gasteiger partial charge in [0.25, 0.3) is 10.1 Å². The summed E-state index contributed by atoms with van der Waals surface area (Å²) in [5.41, 5.74) is 2.07. The fraction of sp³-hybridized carbons (Fsp3) is 0.571. The Morgan fingerprint density at radius 3 is 2.90 bits per heavy atom. The van der Waals surface area contributed by atoms with Gasteiger partial charge in [-0.2, -0.15) is 8.42 Å². The van der Waals surface area contributed by atoms with Gasteiger partial charge in [-0.1, -0.05) is 19.9 Å². The van der Waals surface area contributed by atoms with Crippen molar-refractivity contribution in [1.29, 1.82) is 0 Å². The topological polar surface area (TPSA) is 68.6 Å². The van der Waals surface area contributed by atoms with Crippen LogP contribution in [0.5, 0.6) is 0 Å². The molecule has 0 saturated carbocycles. The predicted molar refractivity (Wildman–Crippen MR) is 76.8 cm³/mol. The molecule has 1 atom stereocenters. The maximum Gasteiger partial charge on any atom is 0.267 e. The smallest absolute Gasteiger partial charge is 0.267 e. The van der Waals surface area contributed by atoms with Crippen LogP contribution in [0.3, 0.4) is 0 Å². The molecule has 1 saturated heterocycles. The van der Waals surface area contributed by atoms with E-state index in [0.29, 0.717) is 6.42 Å². The van der Waals surface area contributed by atoms with Gasteiger partial charge >= 0.3 is 0 Å². The van der Waals surface area contributed by atoms with Crippen molar-refractivity contribution in [2.45, 2.75) is 32.1 Å². The van der Waals surface area contributed by atoms with E-state index in [2.05, 4.69) is 29.9 Å². The minimum atomic E-state index is -3.28. The highest BCUT2D eigenvalue weighted by Crippen LogP contribution is 2.40. The number of pyridine rings is 1. The Hall–Kier alpha value is -1.27. The molecule has 1 unspecified atom stereocenters. The van der Waals surface area contributed by atoms with Crippen LogP contribution in [0.4, 0.5) is 5.82 Å². The molecule has 1 aromatic rings. The molecule has 2 aliphatic rings. The fourth-order valence-corrected chi connectivity index (χ4v) is 3.92. The quantitative estimate of drug-likeness (QED) is 0.784. The van der Waals surface area contributed by atoms with E-state index in [1.165, 1.54) is 0 Å². The molecule has 0 spiro atoms. The van der Waals surface area contributed by atoms with E-state index in [1.54, 1.807) is 6.20 Å². The van der Waals surface area contributed by atoms with E-state index in [0.717, 1.165) is 23.5 Å². The summed E-state index contributed by atoms with van der Waals surface area (Å²) in [5.74, 6) is 1.11. The maximum absolute atomic E-state index is 11.3. The summed E-state index contributed by atoms with van der Waals surface area (Å²) in [6.07, 6.45) is 3.15. The van der Waals surface area contributed by atoms with Crippen LogP contribution in [0.15, 0.2) is 23.3 Å². The molecule has 0 N–H and O–H groups in total. The van der Waals surface area contributed by atoms with Crippen LogP contribution in [-0.4, -0.2) is 31.5 Å². The van der Waals surface area contributed by atoms with Crippen LogP contribution in [0, 0.1) is 5.92 Å². The Morgan fingerprint density at radius 2 is 2.25 bits per heavy atom. The van der Waals surface area contributed by atoms with E-state index >= 15 is 0 Å². The Bertz CT molecular complexity index is 651. The normalized spacial score (nSPS) is 26.9. The lowest BCUT2D eigenvalue weighted by atomic mass is 9.79. The molecule has 1 fully saturated rings. The van der Waals surface area contributed by atoms with E-state index in [4.69, 9.17) is 4.18 Å². The highest BCUT2D eigenvalue weighted by molar-refractivity contribution is 7.86. The van der Waals surface area contributed by atoms with Gasteiger partial charge in [0, 0.05) is 22.9 Å². The lowest BCUT2D eigenvalue weighted by Crippen LogP contribution is -2.32.